The molecular weight excluding hydrogens is 296 g/mol. The van der Waals surface area contributed by atoms with Gasteiger partial charge >= 0.3 is 5.97 Å². The Kier molecular flexibility index (Phi) is 4.28. The van der Waals surface area contributed by atoms with Crippen LogP contribution >= 0.6 is 0 Å². The fourth-order valence-corrected chi connectivity index (χ4v) is 2.30. The molecule has 5 nitrogen and oxygen atoms in total. The molecule has 2 aromatic carbocycles. The fourth-order valence-electron chi connectivity index (χ4n) is 2.30. The number of carbonyl (C=O) groups is 2. The van der Waals surface area contributed by atoms with E-state index in [1.807, 2.05) is 18.2 Å². The number of hydrogen-bond acceptors (Lipinski definition) is 5. The van der Waals surface area contributed by atoms with Crippen molar-refractivity contribution in [3.05, 3.63) is 59.7 Å². The Morgan fingerprint density at radius 2 is 1.87 bits per heavy atom. The average Bonchev–Trinajstić information content (AvgIpc) is 2.59. The van der Waals surface area contributed by atoms with Crippen molar-refractivity contribution < 1.29 is 23.8 Å². The Balaban J connectivity index is 1.74. The van der Waals surface area contributed by atoms with Gasteiger partial charge in [0.1, 0.15) is 13.2 Å². The number of esters is 1. The van der Waals surface area contributed by atoms with Crippen LogP contribution in [0.3, 0.4) is 0 Å². The van der Waals surface area contributed by atoms with E-state index in [2.05, 4.69) is 0 Å². The summed E-state index contributed by atoms with van der Waals surface area (Å²) in [6.07, 6.45) is -0.345. The van der Waals surface area contributed by atoms with Crippen molar-refractivity contribution in [1.82, 2.24) is 0 Å². The molecule has 3 rings (SSSR count). The minimum atomic E-state index is -0.358. The van der Waals surface area contributed by atoms with Crippen molar-refractivity contribution in [2.24, 2.45) is 0 Å². The van der Waals surface area contributed by atoms with Crippen LogP contribution in [-0.2, 0) is 9.53 Å². The lowest BCUT2D eigenvalue weighted by atomic mass is 10.0. The molecule has 0 amide bonds. The third-order valence-corrected chi connectivity index (χ3v) is 3.43. The summed E-state index contributed by atoms with van der Waals surface area (Å²) in [6, 6.07) is 14.1. The molecule has 5 heteroatoms. The second-order valence-electron chi connectivity index (χ2n) is 5.21. The smallest absolute Gasteiger partial charge is 0.302 e. The number of hydrogen-bond donors (Lipinski definition) is 0. The van der Waals surface area contributed by atoms with Crippen LogP contribution in [0, 0.1) is 0 Å². The van der Waals surface area contributed by atoms with Gasteiger partial charge in [-0.3, -0.25) is 9.59 Å². The number of fused-ring (bicyclic) bond motifs is 1. The van der Waals surface area contributed by atoms with E-state index in [4.69, 9.17) is 14.2 Å². The number of rotatable bonds is 4. The van der Waals surface area contributed by atoms with Crippen LogP contribution in [-0.4, -0.2) is 31.1 Å². The Morgan fingerprint density at radius 1 is 1.09 bits per heavy atom. The van der Waals surface area contributed by atoms with Crippen LogP contribution in [0.15, 0.2) is 48.5 Å². The quantitative estimate of drug-likeness (QED) is 0.641. The Bertz CT molecular complexity index is 723. The zero-order valence-electron chi connectivity index (χ0n) is 12.7. The molecule has 118 valence electrons. The van der Waals surface area contributed by atoms with Crippen LogP contribution in [0.4, 0.5) is 0 Å². The van der Waals surface area contributed by atoms with Gasteiger partial charge in [0.15, 0.2) is 23.4 Å². The maximum atomic E-state index is 12.4. The monoisotopic (exact) mass is 312 g/mol. The van der Waals surface area contributed by atoms with Crippen molar-refractivity contribution in [1.29, 1.82) is 0 Å². The summed E-state index contributed by atoms with van der Waals surface area (Å²) >= 11 is 0. The highest BCUT2D eigenvalue weighted by atomic mass is 16.6. The lowest BCUT2D eigenvalue weighted by Gasteiger charge is -2.26. The number of carbonyl (C=O) groups excluding carboxylic acids is 2. The van der Waals surface area contributed by atoms with Gasteiger partial charge in [-0.05, 0) is 18.2 Å². The van der Waals surface area contributed by atoms with E-state index in [1.54, 1.807) is 30.3 Å². The summed E-state index contributed by atoms with van der Waals surface area (Å²) in [5.41, 5.74) is 1.16. The first kappa shape index (κ1) is 15.1. The van der Waals surface area contributed by atoms with Crippen LogP contribution in [0.2, 0.25) is 0 Å². The average molecular weight is 312 g/mol. The molecule has 1 heterocycles. The molecule has 1 unspecified atom stereocenters. The highest BCUT2D eigenvalue weighted by Gasteiger charge is 2.23. The molecule has 0 N–H and O–H groups in total. The van der Waals surface area contributed by atoms with Crippen molar-refractivity contribution in [2.45, 2.75) is 13.0 Å². The summed E-state index contributed by atoms with van der Waals surface area (Å²) in [4.78, 5) is 23.3. The number of ether oxygens (including phenoxy) is 3. The summed E-state index contributed by atoms with van der Waals surface area (Å²) in [5.74, 6) is 0.631. The summed E-state index contributed by atoms with van der Waals surface area (Å²) in [5, 5.41) is 0. The first-order chi connectivity index (χ1) is 11.1. The largest absolute Gasteiger partial charge is 0.486 e. The van der Waals surface area contributed by atoms with Gasteiger partial charge in [-0.1, -0.05) is 30.3 Å². The third kappa shape index (κ3) is 3.51. The summed E-state index contributed by atoms with van der Waals surface area (Å²) in [7, 11) is 0. The van der Waals surface area contributed by atoms with E-state index in [9.17, 15) is 9.59 Å². The van der Waals surface area contributed by atoms with Crippen molar-refractivity contribution in [2.75, 3.05) is 13.2 Å². The Hall–Kier alpha value is -2.82. The van der Waals surface area contributed by atoms with E-state index in [-0.39, 0.29) is 31.1 Å². The van der Waals surface area contributed by atoms with Crippen molar-refractivity contribution >= 4 is 11.8 Å². The fraction of sp³-hybridized carbons (Fsp3) is 0.222. The molecule has 2 aromatic rings. The van der Waals surface area contributed by atoms with E-state index < -0.39 is 0 Å². The Labute approximate surface area is 133 Å². The highest BCUT2D eigenvalue weighted by molar-refractivity contribution is 6.09. The SMILES string of the molecule is CC(=O)OCC1COc2cc(C(=O)c3ccccc3)ccc2O1. The molecule has 0 radical (unpaired) electrons. The zero-order valence-corrected chi connectivity index (χ0v) is 12.7. The van der Waals surface area contributed by atoms with Crippen molar-refractivity contribution in [3.63, 3.8) is 0 Å². The molecule has 0 aromatic heterocycles. The molecule has 1 aliphatic rings. The molecule has 1 atom stereocenters. The van der Waals surface area contributed by atoms with E-state index in [1.165, 1.54) is 6.92 Å². The van der Waals surface area contributed by atoms with Crippen LogP contribution in [0.5, 0.6) is 11.5 Å². The Morgan fingerprint density at radius 3 is 2.61 bits per heavy atom. The highest BCUT2D eigenvalue weighted by Crippen LogP contribution is 2.33. The zero-order chi connectivity index (χ0) is 16.2. The third-order valence-electron chi connectivity index (χ3n) is 3.43. The number of ketones is 1. The first-order valence-corrected chi connectivity index (χ1v) is 7.30. The molecule has 0 fully saturated rings. The maximum Gasteiger partial charge on any atom is 0.302 e. The van der Waals surface area contributed by atoms with Gasteiger partial charge in [0.25, 0.3) is 0 Å². The van der Waals surface area contributed by atoms with E-state index in [0.717, 1.165) is 0 Å². The van der Waals surface area contributed by atoms with Gasteiger partial charge in [0, 0.05) is 18.1 Å². The molecule has 1 aliphatic heterocycles. The molecule has 0 saturated carbocycles. The van der Waals surface area contributed by atoms with E-state index >= 15 is 0 Å². The van der Waals surface area contributed by atoms with Gasteiger partial charge in [-0.2, -0.15) is 0 Å². The molecular formula is C18H16O5. The van der Waals surface area contributed by atoms with Gasteiger partial charge in [0.2, 0.25) is 0 Å². The lowest BCUT2D eigenvalue weighted by Crippen LogP contribution is -2.34. The molecule has 0 bridgehead atoms. The summed E-state index contributed by atoms with van der Waals surface area (Å²) < 4.78 is 16.3. The van der Waals surface area contributed by atoms with Crippen LogP contribution < -0.4 is 9.47 Å². The maximum absolute atomic E-state index is 12.4. The molecule has 0 spiro atoms. The molecule has 0 aliphatic carbocycles. The van der Waals surface area contributed by atoms with Gasteiger partial charge in [-0.15, -0.1) is 0 Å². The lowest BCUT2D eigenvalue weighted by molar-refractivity contribution is -0.144. The second-order valence-corrected chi connectivity index (χ2v) is 5.21. The molecule has 0 saturated heterocycles. The normalized spacial score (nSPS) is 15.8. The first-order valence-electron chi connectivity index (χ1n) is 7.30. The van der Waals surface area contributed by atoms with Crippen molar-refractivity contribution in [3.8, 4) is 11.5 Å². The predicted octanol–water partition coefficient (Wildman–Crippen LogP) is 2.62. The molecule has 23 heavy (non-hydrogen) atoms. The van der Waals surface area contributed by atoms with Gasteiger partial charge < -0.3 is 14.2 Å². The van der Waals surface area contributed by atoms with Crippen LogP contribution in [0.1, 0.15) is 22.8 Å². The summed E-state index contributed by atoms with van der Waals surface area (Å²) in [6.45, 7) is 1.75. The topological polar surface area (TPSA) is 61.8 Å². The second kappa shape index (κ2) is 6.52. The predicted molar refractivity (Wildman–Crippen MR) is 82.9 cm³/mol. The van der Waals surface area contributed by atoms with Crippen LogP contribution in [0.25, 0.3) is 0 Å². The standard InChI is InChI=1S/C18H16O5/c1-12(19)21-10-15-11-22-17-9-14(7-8-16(17)23-15)18(20)13-5-3-2-4-6-13/h2-9,15H,10-11H2,1H3. The number of benzene rings is 2. The minimum absolute atomic E-state index is 0.0703. The van der Waals surface area contributed by atoms with Gasteiger partial charge in [-0.25, -0.2) is 0 Å². The van der Waals surface area contributed by atoms with Gasteiger partial charge in [0.05, 0.1) is 0 Å². The minimum Gasteiger partial charge on any atom is -0.486 e. The van der Waals surface area contributed by atoms with E-state index in [0.29, 0.717) is 22.6 Å².